The van der Waals surface area contributed by atoms with Gasteiger partial charge in [0.15, 0.2) is 17.2 Å². The monoisotopic (exact) mass is 288 g/mol. The summed E-state index contributed by atoms with van der Waals surface area (Å²) in [5.74, 6) is -2.96. The van der Waals surface area contributed by atoms with Gasteiger partial charge in [0.05, 0.1) is 0 Å². The predicted molar refractivity (Wildman–Crippen MR) is 67.5 cm³/mol. The van der Waals surface area contributed by atoms with E-state index in [1.807, 2.05) is 0 Å². The lowest BCUT2D eigenvalue weighted by Gasteiger charge is -2.08. The molecule has 0 saturated heterocycles. The first-order valence-corrected chi connectivity index (χ1v) is 5.85. The fourth-order valence-corrected chi connectivity index (χ4v) is 1.36. The van der Waals surface area contributed by atoms with Crippen LogP contribution < -0.4 is 10.6 Å². The zero-order valence-electron chi connectivity index (χ0n) is 9.81. The summed E-state index contributed by atoms with van der Waals surface area (Å²) < 4.78 is 0. The highest BCUT2D eigenvalue weighted by Crippen LogP contribution is 2.35. The average Bonchev–Trinajstić information content (AvgIpc) is 2.39. The van der Waals surface area contributed by atoms with E-state index in [0.717, 1.165) is 12.1 Å². The van der Waals surface area contributed by atoms with E-state index in [1.54, 1.807) is 0 Å². The minimum absolute atomic E-state index is 0.0172. The highest BCUT2D eigenvalue weighted by atomic mass is 35.5. The first-order chi connectivity index (χ1) is 8.95. The molecule has 0 spiro atoms. The van der Waals surface area contributed by atoms with Crippen molar-refractivity contribution in [3.63, 3.8) is 0 Å². The van der Waals surface area contributed by atoms with Crippen molar-refractivity contribution in [1.82, 2.24) is 10.6 Å². The predicted octanol–water partition coefficient (Wildman–Crippen LogP) is -0.112. The van der Waals surface area contributed by atoms with E-state index in [-0.39, 0.29) is 30.4 Å². The average molecular weight is 289 g/mol. The Labute approximate surface area is 113 Å². The second-order valence-electron chi connectivity index (χ2n) is 3.60. The third kappa shape index (κ3) is 4.22. The van der Waals surface area contributed by atoms with Gasteiger partial charge in [0.25, 0.3) is 5.91 Å². The number of alkyl halides is 1. The lowest BCUT2D eigenvalue weighted by molar-refractivity contribution is -0.118. The van der Waals surface area contributed by atoms with Gasteiger partial charge in [-0.3, -0.25) is 9.59 Å². The summed E-state index contributed by atoms with van der Waals surface area (Å²) in [5.41, 5.74) is -0.0172. The number of hydrogen-bond donors (Lipinski definition) is 5. The molecule has 0 aliphatic carbocycles. The summed E-state index contributed by atoms with van der Waals surface area (Å²) in [4.78, 5) is 22.4. The van der Waals surface area contributed by atoms with Crippen LogP contribution in [0.4, 0.5) is 0 Å². The van der Waals surface area contributed by atoms with Crippen LogP contribution in [0.2, 0.25) is 0 Å². The van der Waals surface area contributed by atoms with Gasteiger partial charge in [0, 0.05) is 18.7 Å². The van der Waals surface area contributed by atoms with Crippen molar-refractivity contribution >= 4 is 23.4 Å². The number of carbonyl (C=O) groups is 2. The maximum Gasteiger partial charge on any atom is 0.251 e. The summed E-state index contributed by atoms with van der Waals surface area (Å²) in [6.45, 7) is 0.358. The highest BCUT2D eigenvalue weighted by molar-refractivity contribution is 6.27. The number of phenols is 3. The van der Waals surface area contributed by atoms with Crippen LogP contribution in [-0.2, 0) is 4.79 Å². The molecule has 19 heavy (non-hydrogen) atoms. The molecule has 0 atom stereocenters. The Bertz CT molecular complexity index is 469. The van der Waals surface area contributed by atoms with E-state index in [4.69, 9.17) is 16.7 Å². The van der Waals surface area contributed by atoms with Crippen LogP contribution in [0.1, 0.15) is 10.4 Å². The van der Waals surface area contributed by atoms with E-state index in [1.165, 1.54) is 0 Å². The summed E-state index contributed by atoms with van der Waals surface area (Å²) in [7, 11) is 0. The van der Waals surface area contributed by atoms with Crippen LogP contribution in [0.5, 0.6) is 17.2 Å². The van der Waals surface area contributed by atoms with Gasteiger partial charge in [-0.2, -0.15) is 0 Å². The minimum atomic E-state index is -0.689. The molecule has 1 aromatic carbocycles. The van der Waals surface area contributed by atoms with Crippen molar-refractivity contribution in [1.29, 1.82) is 0 Å². The maximum absolute atomic E-state index is 11.6. The van der Waals surface area contributed by atoms with Crippen molar-refractivity contribution in [3.05, 3.63) is 17.7 Å². The summed E-state index contributed by atoms with van der Waals surface area (Å²) >= 11 is 5.26. The number of rotatable bonds is 5. The molecule has 0 aliphatic heterocycles. The smallest absolute Gasteiger partial charge is 0.251 e. The van der Waals surface area contributed by atoms with Crippen LogP contribution in [0.15, 0.2) is 12.1 Å². The summed E-state index contributed by atoms with van der Waals surface area (Å²) in [5, 5.41) is 32.5. The number of hydrogen-bond acceptors (Lipinski definition) is 5. The second kappa shape index (κ2) is 6.69. The normalized spacial score (nSPS) is 9.95. The number of phenolic OH excluding ortho intramolecular Hbond substituents is 3. The molecule has 0 saturated carbocycles. The molecule has 0 fully saturated rings. The third-order valence-corrected chi connectivity index (χ3v) is 2.43. The first kappa shape index (κ1) is 14.9. The SMILES string of the molecule is O=C(CCl)NCCNC(=O)c1cc(O)c(O)c(O)c1. The Hall–Kier alpha value is -2.15. The molecule has 0 bridgehead atoms. The molecule has 0 heterocycles. The number of nitrogens with one attached hydrogen (secondary N) is 2. The van der Waals surface area contributed by atoms with Gasteiger partial charge >= 0.3 is 0 Å². The number of halogens is 1. The lowest BCUT2D eigenvalue weighted by Crippen LogP contribution is -2.35. The van der Waals surface area contributed by atoms with Gasteiger partial charge in [-0.05, 0) is 12.1 Å². The zero-order chi connectivity index (χ0) is 14.4. The van der Waals surface area contributed by atoms with Gasteiger partial charge in [0.1, 0.15) is 5.88 Å². The summed E-state index contributed by atoms with van der Waals surface area (Å²) in [6.07, 6.45) is 0. The van der Waals surface area contributed by atoms with E-state index < -0.39 is 23.2 Å². The lowest BCUT2D eigenvalue weighted by atomic mass is 10.1. The molecule has 8 heteroatoms. The van der Waals surface area contributed by atoms with Crippen LogP contribution in [0.25, 0.3) is 0 Å². The maximum atomic E-state index is 11.6. The molecular weight excluding hydrogens is 276 g/mol. The quantitative estimate of drug-likeness (QED) is 0.294. The van der Waals surface area contributed by atoms with Gasteiger partial charge in [-0.25, -0.2) is 0 Å². The van der Waals surface area contributed by atoms with Gasteiger partial charge in [0.2, 0.25) is 5.91 Å². The van der Waals surface area contributed by atoms with E-state index >= 15 is 0 Å². The fourth-order valence-electron chi connectivity index (χ4n) is 1.26. The molecular formula is C11H13ClN2O5. The largest absolute Gasteiger partial charge is 0.504 e. The zero-order valence-corrected chi connectivity index (χ0v) is 10.6. The van der Waals surface area contributed by atoms with Crippen molar-refractivity contribution in [2.75, 3.05) is 19.0 Å². The van der Waals surface area contributed by atoms with Gasteiger partial charge < -0.3 is 26.0 Å². The highest BCUT2D eigenvalue weighted by Gasteiger charge is 2.13. The molecule has 0 aliphatic rings. The van der Waals surface area contributed by atoms with Crippen LogP contribution in [0, 0.1) is 0 Å². The fraction of sp³-hybridized carbons (Fsp3) is 0.273. The topological polar surface area (TPSA) is 119 Å². The molecule has 5 N–H and O–H groups in total. The van der Waals surface area contributed by atoms with E-state index in [2.05, 4.69) is 10.6 Å². The minimum Gasteiger partial charge on any atom is -0.504 e. The Balaban J connectivity index is 2.52. The first-order valence-electron chi connectivity index (χ1n) is 5.31. The molecule has 0 radical (unpaired) electrons. The van der Waals surface area contributed by atoms with Crippen LogP contribution >= 0.6 is 11.6 Å². The number of carbonyl (C=O) groups excluding carboxylic acids is 2. The van der Waals surface area contributed by atoms with Crippen molar-refractivity contribution < 1.29 is 24.9 Å². The van der Waals surface area contributed by atoms with Gasteiger partial charge in [-0.15, -0.1) is 11.6 Å². The van der Waals surface area contributed by atoms with Crippen LogP contribution in [-0.4, -0.2) is 46.1 Å². The van der Waals surface area contributed by atoms with E-state index in [0.29, 0.717) is 0 Å². The second-order valence-corrected chi connectivity index (χ2v) is 3.87. The molecule has 0 unspecified atom stereocenters. The third-order valence-electron chi connectivity index (χ3n) is 2.19. The standard InChI is InChI=1S/C11H13ClN2O5/c12-5-9(17)13-1-2-14-11(19)6-3-7(15)10(18)8(16)4-6/h3-4,15-16,18H,1-2,5H2,(H,13,17)(H,14,19). The Morgan fingerprint density at radius 3 is 2.11 bits per heavy atom. The number of amides is 2. The number of benzene rings is 1. The molecule has 7 nitrogen and oxygen atoms in total. The molecule has 0 aromatic heterocycles. The Morgan fingerprint density at radius 2 is 1.58 bits per heavy atom. The van der Waals surface area contributed by atoms with Crippen LogP contribution in [0.3, 0.4) is 0 Å². The number of aromatic hydroxyl groups is 3. The molecule has 104 valence electrons. The van der Waals surface area contributed by atoms with E-state index in [9.17, 15) is 19.8 Å². The molecule has 1 aromatic rings. The Kier molecular flexibility index (Phi) is 5.25. The van der Waals surface area contributed by atoms with Crippen molar-refractivity contribution in [2.45, 2.75) is 0 Å². The van der Waals surface area contributed by atoms with Crippen molar-refractivity contribution in [2.24, 2.45) is 0 Å². The summed E-state index contributed by atoms with van der Waals surface area (Å²) in [6, 6.07) is 2.03. The molecule has 1 rings (SSSR count). The Morgan fingerprint density at radius 1 is 1.05 bits per heavy atom. The van der Waals surface area contributed by atoms with Gasteiger partial charge in [-0.1, -0.05) is 0 Å². The molecule has 2 amide bonds. The van der Waals surface area contributed by atoms with Crippen molar-refractivity contribution in [3.8, 4) is 17.2 Å².